The van der Waals surface area contributed by atoms with E-state index in [4.69, 9.17) is 5.11 Å². The van der Waals surface area contributed by atoms with E-state index in [0.717, 1.165) is 22.2 Å². The molecule has 2 heterocycles. The summed E-state index contributed by atoms with van der Waals surface area (Å²) in [5.41, 5.74) is 1.89. The number of carbonyl (C=O) groups excluding carboxylic acids is 1. The van der Waals surface area contributed by atoms with Gasteiger partial charge in [-0.3, -0.25) is 9.89 Å². The highest BCUT2D eigenvalue weighted by Gasteiger charge is 2.14. The Bertz CT molecular complexity index is 850. The molecule has 1 amide bonds. The van der Waals surface area contributed by atoms with Gasteiger partial charge in [-0.2, -0.15) is 5.10 Å². The van der Waals surface area contributed by atoms with Crippen LogP contribution in [0, 0.1) is 6.92 Å². The lowest BCUT2D eigenvalue weighted by Gasteiger charge is -2.02. The maximum absolute atomic E-state index is 12.2. The number of H-pyrrole nitrogens is 1. The number of hydrogen-bond acceptors (Lipinski definition) is 4. The lowest BCUT2D eigenvalue weighted by molar-refractivity contribution is 0.0701. The molecule has 2 aromatic heterocycles. The van der Waals surface area contributed by atoms with E-state index in [1.54, 1.807) is 37.4 Å². The Labute approximate surface area is 123 Å². The highest BCUT2D eigenvalue weighted by atomic mass is 32.1. The van der Waals surface area contributed by atoms with Crippen LogP contribution < -0.4 is 5.32 Å². The predicted molar refractivity (Wildman–Crippen MR) is 80.1 cm³/mol. The van der Waals surface area contributed by atoms with Gasteiger partial charge < -0.3 is 10.4 Å². The van der Waals surface area contributed by atoms with Crippen LogP contribution in [0.3, 0.4) is 0 Å². The first kappa shape index (κ1) is 13.3. The summed E-state index contributed by atoms with van der Waals surface area (Å²) >= 11 is 1.04. The first-order valence-corrected chi connectivity index (χ1v) is 6.94. The molecule has 21 heavy (non-hydrogen) atoms. The Hall–Kier alpha value is -2.67. The molecule has 0 atom stereocenters. The van der Waals surface area contributed by atoms with Gasteiger partial charge in [-0.25, -0.2) is 4.79 Å². The third-order valence-electron chi connectivity index (χ3n) is 3.05. The van der Waals surface area contributed by atoms with Gasteiger partial charge in [0, 0.05) is 10.9 Å². The van der Waals surface area contributed by atoms with Crippen LogP contribution in [0.25, 0.3) is 10.9 Å². The molecule has 1 aromatic carbocycles. The van der Waals surface area contributed by atoms with Crippen molar-refractivity contribution in [2.24, 2.45) is 0 Å². The SMILES string of the molecule is Cc1cc(NC(=O)c2ccc3cn[nH]c3c2)sc1C(=O)O. The number of nitrogens with one attached hydrogen (secondary N) is 2. The highest BCUT2D eigenvalue weighted by Crippen LogP contribution is 2.27. The zero-order valence-corrected chi connectivity index (χ0v) is 11.8. The number of carboxylic acid groups (broad SMARTS) is 1. The van der Waals surface area contributed by atoms with Crippen LogP contribution in [0.15, 0.2) is 30.5 Å². The van der Waals surface area contributed by atoms with E-state index in [2.05, 4.69) is 15.5 Å². The number of fused-ring (bicyclic) bond motifs is 1. The number of aryl methyl sites for hydroxylation is 1. The summed E-state index contributed by atoms with van der Waals surface area (Å²) in [4.78, 5) is 23.4. The Balaban J connectivity index is 1.85. The van der Waals surface area contributed by atoms with Crippen molar-refractivity contribution in [3.8, 4) is 0 Å². The smallest absolute Gasteiger partial charge is 0.346 e. The van der Waals surface area contributed by atoms with Crippen molar-refractivity contribution in [1.82, 2.24) is 10.2 Å². The van der Waals surface area contributed by atoms with E-state index >= 15 is 0 Å². The fourth-order valence-corrected chi connectivity index (χ4v) is 2.92. The number of aromatic nitrogens is 2. The van der Waals surface area contributed by atoms with Crippen molar-refractivity contribution in [1.29, 1.82) is 0 Å². The van der Waals surface area contributed by atoms with E-state index in [0.29, 0.717) is 16.1 Å². The molecular formula is C14H11N3O3S. The highest BCUT2D eigenvalue weighted by molar-refractivity contribution is 7.18. The van der Waals surface area contributed by atoms with Crippen LogP contribution in [0.2, 0.25) is 0 Å². The number of thiophene rings is 1. The Morgan fingerprint density at radius 3 is 2.86 bits per heavy atom. The first-order valence-electron chi connectivity index (χ1n) is 6.13. The zero-order valence-electron chi connectivity index (χ0n) is 11.0. The molecule has 0 fully saturated rings. The maximum Gasteiger partial charge on any atom is 0.346 e. The van der Waals surface area contributed by atoms with Crippen molar-refractivity contribution in [2.45, 2.75) is 6.92 Å². The summed E-state index contributed by atoms with van der Waals surface area (Å²) in [6.45, 7) is 1.70. The van der Waals surface area contributed by atoms with Gasteiger partial charge in [0.2, 0.25) is 0 Å². The van der Waals surface area contributed by atoms with Crippen LogP contribution >= 0.6 is 11.3 Å². The van der Waals surface area contributed by atoms with Crippen LogP contribution in [-0.4, -0.2) is 27.2 Å². The standard InChI is InChI=1S/C14H11N3O3S/c1-7-4-11(21-12(7)14(19)20)16-13(18)8-2-3-9-6-15-17-10(9)5-8/h2-6H,1H3,(H,15,17)(H,16,18)(H,19,20). The molecule has 0 radical (unpaired) electrons. The van der Waals surface area contributed by atoms with E-state index in [9.17, 15) is 9.59 Å². The monoisotopic (exact) mass is 301 g/mol. The van der Waals surface area contributed by atoms with Gasteiger partial charge in [0.25, 0.3) is 5.91 Å². The Kier molecular flexibility index (Phi) is 3.19. The second-order valence-corrected chi connectivity index (χ2v) is 5.61. The summed E-state index contributed by atoms with van der Waals surface area (Å²) in [7, 11) is 0. The molecule has 0 aliphatic heterocycles. The third kappa shape index (κ3) is 2.50. The van der Waals surface area contributed by atoms with E-state index in [1.807, 2.05) is 0 Å². The van der Waals surface area contributed by atoms with Crippen molar-refractivity contribution in [3.05, 3.63) is 46.5 Å². The number of rotatable bonds is 3. The average molecular weight is 301 g/mol. The number of aromatic carboxylic acids is 1. The van der Waals surface area contributed by atoms with Gasteiger partial charge in [0.05, 0.1) is 16.7 Å². The van der Waals surface area contributed by atoms with Crippen LogP contribution in [0.1, 0.15) is 25.6 Å². The molecule has 7 heteroatoms. The van der Waals surface area contributed by atoms with Crippen molar-refractivity contribution in [3.63, 3.8) is 0 Å². The molecule has 0 unspecified atom stereocenters. The minimum Gasteiger partial charge on any atom is -0.477 e. The molecular weight excluding hydrogens is 290 g/mol. The average Bonchev–Trinajstić information content (AvgIpc) is 3.04. The summed E-state index contributed by atoms with van der Waals surface area (Å²) in [6, 6.07) is 6.86. The molecule has 0 aliphatic rings. The van der Waals surface area contributed by atoms with E-state index in [-0.39, 0.29) is 10.8 Å². The van der Waals surface area contributed by atoms with Crippen molar-refractivity contribution in [2.75, 3.05) is 5.32 Å². The fraction of sp³-hybridized carbons (Fsp3) is 0.0714. The molecule has 3 N–H and O–H groups in total. The van der Waals surface area contributed by atoms with Gasteiger partial charge in [-0.15, -0.1) is 11.3 Å². The third-order valence-corrected chi connectivity index (χ3v) is 4.19. The van der Waals surface area contributed by atoms with E-state index < -0.39 is 5.97 Å². The summed E-state index contributed by atoms with van der Waals surface area (Å²) < 4.78 is 0. The van der Waals surface area contributed by atoms with Gasteiger partial charge in [-0.1, -0.05) is 6.07 Å². The lowest BCUT2D eigenvalue weighted by Crippen LogP contribution is -2.10. The van der Waals surface area contributed by atoms with Crippen molar-refractivity contribution < 1.29 is 14.7 Å². The molecule has 0 saturated heterocycles. The largest absolute Gasteiger partial charge is 0.477 e. The van der Waals surface area contributed by atoms with Gasteiger partial charge in [-0.05, 0) is 30.7 Å². The number of anilines is 1. The van der Waals surface area contributed by atoms with Crippen molar-refractivity contribution >= 4 is 39.1 Å². The number of nitrogens with zero attached hydrogens (tertiary/aromatic N) is 1. The second-order valence-electron chi connectivity index (χ2n) is 4.55. The quantitative estimate of drug-likeness (QED) is 0.693. The molecule has 0 bridgehead atoms. The Morgan fingerprint density at radius 1 is 1.33 bits per heavy atom. The minimum atomic E-state index is -0.989. The molecule has 3 rings (SSSR count). The molecule has 6 nitrogen and oxygen atoms in total. The molecule has 3 aromatic rings. The van der Waals surface area contributed by atoms with E-state index in [1.165, 1.54) is 0 Å². The predicted octanol–water partition coefficient (Wildman–Crippen LogP) is 2.88. The molecule has 0 spiro atoms. The number of benzene rings is 1. The number of carboxylic acids is 1. The van der Waals surface area contributed by atoms with Crippen LogP contribution in [0.4, 0.5) is 5.00 Å². The van der Waals surface area contributed by atoms with Gasteiger partial charge >= 0.3 is 5.97 Å². The lowest BCUT2D eigenvalue weighted by atomic mass is 10.1. The first-order chi connectivity index (χ1) is 10.0. The van der Waals surface area contributed by atoms with Crippen LogP contribution in [-0.2, 0) is 0 Å². The number of hydrogen-bond donors (Lipinski definition) is 3. The fourth-order valence-electron chi connectivity index (χ4n) is 2.02. The normalized spacial score (nSPS) is 10.7. The number of aromatic amines is 1. The molecule has 0 aliphatic carbocycles. The Morgan fingerprint density at radius 2 is 2.14 bits per heavy atom. The molecule has 0 saturated carbocycles. The summed E-state index contributed by atoms with van der Waals surface area (Å²) in [5, 5.41) is 19.9. The second kappa shape index (κ2) is 5.02. The number of amides is 1. The van der Waals surface area contributed by atoms with Crippen LogP contribution in [0.5, 0.6) is 0 Å². The number of carbonyl (C=O) groups is 2. The molecule has 106 valence electrons. The minimum absolute atomic E-state index is 0.231. The van der Waals surface area contributed by atoms with Gasteiger partial charge in [0.1, 0.15) is 4.88 Å². The summed E-state index contributed by atoms with van der Waals surface area (Å²) in [5.74, 6) is -1.28. The summed E-state index contributed by atoms with van der Waals surface area (Å²) in [6.07, 6.45) is 1.68. The zero-order chi connectivity index (χ0) is 15.0. The topological polar surface area (TPSA) is 95.1 Å². The van der Waals surface area contributed by atoms with Gasteiger partial charge in [0.15, 0.2) is 0 Å². The maximum atomic E-state index is 12.2.